The fourth-order valence-electron chi connectivity index (χ4n) is 1.55. The van der Waals surface area contributed by atoms with Crippen LogP contribution in [0.3, 0.4) is 0 Å². The second-order valence-electron chi connectivity index (χ2n) is 3.95. The molecule has 1 aromatic heterocycles. The van der Waals surface area contributed by atoms with Crippen LogP contribution in [0, 0.1) is 0 Å². The summed E-state index contributed by atoms with van der Waals surface area (Å²) >= 11 is 0. The first-order chi connectivity index (χ1) is 9.18. The van der Waals surface area contributed by atoms with Gasteiger partial charge in [0.15, 0.2) is 6.61 Å². The van der Waals surface area contributed by atoms with E-state index in [4.69, 9.17) is 4.74 Å². The van der Waals surface area contributed by atoms with Gasteiger partial charge in [-0.3, -0.25) is 4.79 Å². The molecular formula is C14H14N2O3. The highest BCUT2D eigenvalue weighted by Gasteiger charge is 2.14. The van der Waals surface area contributed by atoms with Crippen LogP contribution in [0.1, 0.15) is 10.5 Å². The number of anilines is 1. The Morgan fingerprint density at radius 3 is 2.53 bits per heavy atom. The number of nitrogens with one attached hydrogen (secondary N) is 1. The second kappa shape index (κ2) is 5.86. The zero-order chi connectivity index (χ0) is 13.7. The minimum Gasteiger partial charge on any atom is -0.451 e. The molecule has 0 aliphatic heterocycles. The van der Waals surface area contributed by atoms with Gasteiger partial charge in [0.1, 0.15) is 5.69 Å². The molecule has 1 amide bonds. The zero-order valence-corrected chi connectivity index (χ0v) is 10.5. The Balaban J connectivity index is 1.90. The molecule has 0 fully saturated rings. The van der Waals surface area contributed by atoms with Gasteiger partial charge in [0, 0.05) is 18.9 Å². The van der Waals surface area contributed by atoms with E-state index in [1.807, 2.05) is 30.3 Å². The summed E-state index contributed by atoms with van der Waals surface area (Å²) in [5.74, 6) is -0.828. The van der Waals surface area contributed by atoms with Gasteiger partial charge in [-0.25, -0.2) is 4.79 Å². The third-order valence-electron chi connectivity index (χ3n) is 2.66. The smallest absolute Gasteiger partial charge is 0.355 e. The van der Waals surface area contributed by atoms with Crippen LogP contribution < -0.4 is 4.90 Å². The summed E-state index contributed by atoms with van der Waals surface area (Å²) in [6, 6.07) is 12.4. The minimum absolute atomic E-state index is 0.286. The number of carbonyl (C=O) groups is 2. The van der Waals surface area contributed by atoms with Gasteiger partial charge < -0.3 is 14.6 Å². The number of ether oxygens (including phenoxy) is 1. The van der Waals surface area contributed by atoms with Gasteiger partial charge in [0.25, 0.3) is 5.91 Å². The van der Waals surface area contributed by atoms with E-state index in [0.29, 0.717) is 5.69 Å². The van der Waals surface area contributed by atoms with Gasteiger partial charge >= 0.3 is 5.97 Å². The van der Waals surface area contributed by atoms with Gasteiger partial charge in [-0.05, 0) is 24.3 Å². The molecule has 0 saturated carbocycles. The number of likely N-dealkylation sites (N-methyl/N-ethyl adjacent to an activating group) is 1. The Hall–Kier alpha value is -2.56. The fourth-order valence-corrected chi connectivity index (χ4v) is 1.55. The number of hydrogen-bond donors (Lipinski definition) is 1. The highest BCUT2D eigenvalue weighted by Crippen LogP contribution is 2.11. The Morgan fingerprint density at radius 2 is 1.89 bits per heavy atom. The molecule has 0 unspecified atom stereocenters. The van der Waals surface area contributed by atoms with Crippen molar-refractivity contribution >= 4 is 17.6 Å². The monoisotopic (exact) mass is 258 g/mol. The molecule has 0 radical (unpaired) electrons. The third-order valence-corrected chi connectivity index (χ3v) is 2.66. The van der Waals surface area contributed by atoms with E-state index in [0.717, 1.165) is 5.69 Å². The summed E-state index contributed by atoms with van der Waals surface area (Å²) in [7, 11) is 1.64. The molecule has 5 heteroatoms. The van der Waals surface area contributed by atoms with Crippen molar-refractivity contribution in [2.75, 3.05) is 18.6 Å². The average Bonchev–Trinajstić information content (AvgIpc) is 2.98. The number of aromatic amines is 1. The number of carbonyl (C=O) groups excluding carboxylic acids is 2. The standard InChI is InChI=1S/C14H14N2O3/c1-16(11-6-3-2-4-7-11)13(17)10-19-14(18)12-8-5-9-15-12/h2-9,15H,10H2,1H3. The van der Waals surface area contributed by atoms with Crippen molar-refractivity contribution in [3.05, 3.63) is 54.4 Å². The van der Waals surface area contributed by atoms with Crippen LogP contribution >= 0.6 is 0 Å². The van der Waals surface area contributed by atoms with Crippen LogP contribution in [0.5, 0.6) is 0 Å². The van der Waals surface area contributed by atoms with Crippen LogP contribution in [0.25, 0.3) is 0 Å². The number of nitrogens with zero attached hydrogens (tertiary/aromatic N) is 1. The Bertz CT molecular complexity index is 549. The molecule has 0 aliphatic carbocycles. The van der Waals surface area contributed by atoms with E-state index < -0.39 is 5.97 Å². The van der Waals surface area contributed by atoms with E-state index in [1.165, 1.54) is 4.90 Å². The van der Waals surface area contributed by atoms with Crippen molar-refractivity contribution in [3.8, 4) is 0 Å². The normalized spacial score (nSPS) is 9.95. The number of H-pyrrole nitrogens is 1. The quantitative estimate of drug-likeness (QED) is 0.851. The van der Waals surface area contributed by atoms with Crippen molar-refractivity contribution in [2.45, 2.75) is 0 Å². The molecule has 0 atom stereocenters. The van der Waals surface area contributed by atoms with E-state index >= 15 is 0 Å². The van der Waals surface area contributed by atoms with Crippen molar-refractivity contribution in [1.29, 1.82) is 0 Å². The number of amides is 1. The minimum atomic E-state index is -0.542. The van der Waals surface area contributed by atoms with Crippen molar-refractivity contribution in [2.24, 2.45) is 0 Å². The van der Waals surface area contributed by atoms with Gasteiger partial charge in [-0.15, -0.1) is 0 Å². The Morgan fingerprint density at radius 1 is 1.16 bits per heavy atom. The lowest BCUT2D eigenvalue weighted by atomic mass is 10.3. The number of hydrogen-bond acceptors (Lipinski definition) is 3. The van der Waals surface area contributed by atoms with Gasteiger partial charge in [-0.2, -0.15) is 0 Å². The second-order valence-corrected chi connectivity index (χ2v) is 3.95. The molecule has 2 rings (SSSR count). The fraction of sp³-hybridized carbons (Fsp3) is 0.143. The molecule has 98 valence electrons. The molecule has 2 aromatic rings. The number of aromatic nitrogens is 1. The molecule has 0 spiro atoms. The lowest BCUT2D eigenvalue weighted by Crippen LogP contribution is -2.31. The summed E-state index contributed by atoms with van der Waals surface area (Å²) in [6.07, 6.45) is 1.62. The van der Waals surface area contributed by atoms with Crippen LogP contribution in [0.4, 0.5) is 5.69 Å². The summed E-state index contributed by atoms with van der Waals surface area (Å²) in [4.78, 5) is 27.6. The average molecular weight is 258 g/mol. The van der Waals surface area contributed by atoms with Gasteiger partial charge in [0.05, 0.1) is 0 Å². The first kappa shape index (κ1) is 12.9. The number of para-hydroxylation sites is 1. The van der Waals surface area contributed by atoms with E-state index in [-0.39, 0.29) is 12.5 Å². The molecule has 1 aromatic carbocycles. The topological polar surface area (TPSA) is 62.4 Å². The largest absolute Gasteiger partial charge is 0.451 e. The van der Waals surface area contributed by atoms with Gasteiger partial charge in [0.2, 0.25) is 0 Å². The van der Waals surface area contributed by atoms with Gasteiger partial charge in [-0.1, -0.05) is 18.2 Å². The lowest BCUT2D eigenvalue weighted by molar-refractivity contribution is -0.121. The van der Waals surface area contributed by atoms with E-state index in [2.05, 4.69) is 4.98 Å². The summed E-state index contributed by atoms with van der Waals surface area (Å²) in [5, 5.41) is 0. The maximum atomic E-state index is 11.9. The predicted molar refractivity (Wildman–Crippen MR) is 70.9 cm³/mol. The molecule has 0 aliphatic rings. The van der Waals surface area contributed by atoms with E-state index in [1.54, 1.807) is 25.4 Å². The summed E-state index contributed by atoms with van der Waals surface area (Å²) < 4.78 is 4.93. The van der Waals surface area contributed by atoms with Crippen LogP contribution in [-0.2, 0) is 9.53 Å². The highest BCUT2D eigenvalue weighted by molar-refractivity contribution is 5.96. The molecule has 19 heavy (non-hydrogen) atoms. The first-order valence-electron chi connectivity index (χ1n) is 5.80. The number of benzene rings is 1. The number of esters is 1. The Kier molecular flexibility index (Phi) is 3.97. The maximum absolute atomic E-state index is 11.9. The maximum Gasteiger partial charge on any atom is 0.355 e. The lowest BCUT2D eigenvalue weighted by Gasteiger charge is -2.16. The van der Waals surface area contributed by atoms with Crippen LogP contribution in [0.15, 0.2) is 48.7 Å². The zero-order valence-electron chi connectivity index (χ0n) is 10.5. The number of rotatable bonds is 4. The summed E-state index contributed by atoms with van der Waals surface area (Å²) in [5.41, 5.74) is 1.08. The molecule has 0 saturated heterocycles. The van der Waals surface area contributed by atoms with E-state index in [9.17, 15) is 9.59 Å². The Labute approximate surface area is 110 Å². The molecular weight excluding hydrogens is 244 g/mol. The summed E-state index contributed by atoms with van der Waals surface area (Å²) in [6.45, 7) is -0.288. The highest BCUT2D eigenvalue weighted by atomic mass is 16.5. The predicted octanol–water partition coefficient (Wildman–Crippen LogP) is 1.83. The van der Waals surface area contributed by atoms with Crippen molar-refractivity contribution in [1.82, 2.24) is 4.98 Å². The van der Waals surface area contributed by atoms with Crippen LogP contribution in [-0.4, -0.2) is 30.5 Å². The first-order valence-corrected chi connectivity index (χ1v) is 5.80. The van der Waals surface area contributed by atoms with Crippen LogP contribution in [0.2, 0.25) is 0 Å². The molecule has 1 N–H and O–H groups in total. The van der Waals surface area contributed by atoms with Crippen molar-refractivity contribution in [3.63, 3.8) is 0 Å². The third kappa shape index (κ3) is 3.22. The van der Waals surface area contributed by atoms with Crippen molar-refractivity contribution < 1.29 is 14.3 Å². The SMILES string of the molecule is CN(C(=O)COC(=O)c1ccc[nH]1)c1ccccc1. The molecule has 1 heterocycles. The molecule has 0 bridgehead atoms. The molecule has 5 nitrogen and oxygen atoms in total.